The fraction of sp³-hybridized carbons (Fsp3) is 0.545. The number of hydrogen-bond acceptors (Lipinski definition) is 6. The summed E-state index contributed by atoms with van der Waals surface area (Å²) < 4.78 is 0. The smallest absolute Gasteiger partial charge is 0.226 e. The van der Waals surface area contributed by atoms with Crippen LogP contribution in [-0.4, -0.2) is 51.0 Å². The number of H-pyrrole nitrogens is 1. The van der Waals surface area contributed by atoms with Crippen molar-refractivity contribution in [3.8, 4) is 0 Å². The van der Waals surface area contributed by atoms with Gasteiger partial charge in [0.15, 0.2) is 5.65 Å². The van der Waals surface area contributed by atoms with Crippen LogP contribution in [0.25, 0.3) is 11.0 Å². The van der Waals surface area contributed by atoms with Crippen LogP contribution in [0.1, 0.15) is 13.3 Å². The van der Waals surface area contributed by atoms with Crippen LogP contribution in [0.15, 0.2) is 6.20 Å². The van der Waals surface area contributed by atoms with Gasteiger partial charge in [-0.05, 0) is 13.3 Å². The minimum absolute atomic E-state index is 0.549. The third kappa shape index (κ3) is 1.76. The van der Waals surface area contributed by atoms with Crippen LogP contribution in [0.2, 0.25) is 0 Å². The van der Waals surface area contributed by atoms with Crippen LogP contribution >= 0.6 is 0 Å². The Labute approximate surface area is 104 Å². The molecule has 0 aromatic carbocycles. The molecule has 0 spiro atoms. The molecule has 2 aromatic rings. The molecule has 3 heterocycles. The number of aromatic amines is 1. The fourth-order valence-electron chi connectivity index (χ4n) is 2.30. The van der Waals surface area contributed by atoms with Crippen molar-refractivity contribution in [3.05, 3.63) is 6.20 Å². The van der Waals surface area contributed by atoms with Crippen molar-refractivity contribution in [2.24, 2.45) is 0 Å². The summed E-state index contributed by atoms with van der Waals surface area (Å²) in [5, 5.41) is 20.7. The number of hydrogen-bond donors (Lipinski definition) is 3. The van der Waals surface area contributed by atoms with Gasteiger partial charge in [-0.25, -0.2) is 0 Å². The van der Waals surface area contributed by atoms with Crippen LogP contribution < -0.4 is 10.2 Å². The number of rotatable bonds is 2. The third-order valence-corrected chi connectivity index (χ3v) is 3.26. The Morgan fingerprint density at radius 3 is 3.00 bits per heavy atom. The molecule has 0 aliphatic carbocycles. The lowest BCUT2D eigenvalue weighted by atomic mass is 10.1. The Morgan fingerprint density at radius 1 is 1.50 bits per heavy atom. The van der Waals surface area contributed by atoms with E-state index in [2.05, 4.69) is 30.4 Å². The second-order valence-electron chi connectivity index (χ2n) is 4.92. The molecule has 0 radical (unpaired) electrons. The normalized spacial score (nSPS) is 23.8. The van der Waals surface area contributed by atoms with Gasteiger partial charge in [-0.3, -0.25) is 5.10 Å². The van der Waals surface area contributed by atoms with E-state index in [4.69, 9.17) is 0 Å². The first-order chi connectivity index (χ1) is 8.59. The zero-order valence-electron chi connectivity index (χ0n) is 10.4. The Hall–Kier alpha value is -1.89. The van der Waals surface area contributed by atoms with Gasteiger partial charge in [0.1, 0.15) is 5.82 Å². The summed E-state index contributed by atoms with van der Waals surface area (Å²) in [6, 6.07) is 0. The van der Waals surface area contributed by atoms with Gasteiger partial charge < -0.3 is 15.3 Å². The second kappa shape index (κ2) is 3.81. The van der Waals surface area contributed by atoms with Gasteiger partial charge in [-0.2, -0.15) is 15.1 Å². The number of fused-ring (bicyclic) bond motifs is 1. The van der Waals surface area contributed by atoms with Crippen LogP contribution in [-0.2, 0) is 0 Å². The molecule has 3 N–H and O–H groups in total. The largest absolute Gasteiger partial charge is 0.388 e. The van der Waals surface area contributed by atoms with Gasteiger partial charge in [0.25, 0.3) is 0 Å². The van der Waals surface area contributed by atoms with Gasteiger partial charge in [-0.1, -0.05) is 0 Å². The summed E-state index contributed by atoms with van der Waals surface area (Å²) in [6.07, 6.45) is 2.46. The molecule has 1 aliphatic rings. The maximum absolute atomic E-state index is 10.1. The van der Waals surface area contributed by atoms with E-state index in [1.54, 1.807) is 13.2 Å². The minimum Gasteiger partial charge on any atom is -0.388 e. The number of anilines is 2. The van der Waals surface area contributed by atoms with Crippen molar-refractivity contribution in [1.29, 1.82) is 0 Å². The standard InChI is InChI=1S/C11H16N6O/c1-11(18)3-4-17(6-11)9-7-5-13-16-8(7)14-10(12-2)15-9/h5,18H,3-4,6H2,1-2H3,(H2,12,13,14,15,16). The number of nitrogens with zero attached hydrogens (tertiary/aromatic N) is 4. The molecular weight excluding hydrogens is 232 g/mol. The highest BCUT2D eigenvalue weighted by Gasteiger charge is 2.33. The van der Waals surface area contributed by atoms with Gasteiger partial charge in [0.2, 0.25) is 5.95 Å². The summed E-state index contributed by atoms with van der Waals surface area (Å²) >= 11 is 0. The highest BCUT2D eigenvalue weighted by atomic mass is 16.3. The molecule has 18 heavy (non-hydrogen) atoms. The molecule has 7 heteroatoms. The van der Waals surface area contributed by atoms with Crippen molar-refractivity contribution in [1.82, 2.24) is 20.2 Å². The molecule has 2 aromatic heterocycles. The lowest BCUT2D eigenvalue weighted by Crippen LogP contribution is -2.30. The number of β-amino-alcohol motifs (C(OH)–C–C–N with tert-alkyl or cyclic N) is 1. The van der Waals surface area contributed by atoms with E-state index >= 15 is 0 Å². The number of nitrogens with one attached hydrogen (secondary N) is 2. The molecule has 0 bridgehead atoms. The molecule has 1 aliphatic heterocycles. The summed E-state index contributed by atoms with van der Waals surface area (Å²) in [7, 11) is 1.78. The zero-order chi connectivity index (χ0) is 12.8. The topological polar surface area (TPSA) is 90.0 Å². The lowest BCUT2D eigenvalue weighted by molar-refractivity contribution is 0.0839. The quantitative estimate of drug-likeness (QED) is 0.711. The molecule has 1 fully saturated rings. The number of aromatic nitrogens is 4. The van der Waals surface area contributed by atoms with E-state index in [9.17, 15) is 5.11 Å². The molecule has 1 atom stereocenters. The van der Waals surface area contributed by atoms with Crippen molar-refractivity contribution in [2.45, 2.75) is 18.9 Å². The average Bonchev–Trinajstić information content (AvgIpc) is 2.93. The van der Waals surface area contributed by atoms with E-state index < -0.39 is 5.60 Å². The average molecular weight is 248 g/mol. The van der Waals surface area contributed by atoms with Crippen molar-refractivity contribution in [2.75, 3.05) is 30.4 Å². The molecule has 0 amide bonds. The first kappa shape index (κ1) is 11.2. The minimum atomic E-state index is -0.652. The summed E-state index contributed by atoms with van der Waals surface area (Å²) in [6.45, 7) is 3.21. The van der Waals surface area contributed by atoms with E-state index in [0.29, 0.717) is 18.1 Å². The van der Waals surface area contributed by atoms with Gasteiger partial charge in [0.05, 0.1) is 17.2 Å². The van der Waals surface area contributed by atoms with E-state index in [1.165, 1.54) is 0 Å². The van der Waals surface area contributed by atoms with Crippen molar-refractivity contribution >= 4 is 22.8 Å². The van der Waals surface area contributed by atoms with E-state index in [-0.39, 0.29) is 0 Å². The summed E-state index contributed by atoms with van der Waals surface area (Å²) in [4.78, 5) is 10.8. The molecule has 1 unspecified atom stereocenters. The predicted molar refractivity (Wildman–Crippen MR) is 68.7 cm³/mol. The van der Waals surface area contributed by atoms with Crippen LogP contribution in [0, 0.1) is 0 Å². The van der Waals surface area contributed by atoms with Gasteiger partial charge >= 0.3 is 0 Å². The highest BCUT2D eigenvalue weighted by Crippen LogP contribution is 2.30. The van der Waals surface area contributed by atoms with Crippen LogP contribution in [0.5, 0.6) is 0 Å². The highest BCUT2D eigenvalue weighted by molar-refractivity contribution is 5.87. The SMILES string of the molecule is CNc1nc(N2CCC(C)(O)C2)c2cn[nH]c2n1. The van der Waals surface area contributed by atoms with Crippen LogP contribution in [0.4, 0.5) is 11.8 Å². The maximum atomic E-state index is 10.1. The third-order valence-electron chi connectivity index (χ3n) is 3.26. The Bertz CT molecular complexity index is 578. The van der Waals surface area contributed by atoms with Crippen molar-refractivity contribution < 1.29 is 5.11 Å². The predicted octanol–water partition coefficient (Wildman–Crippen LogP) is 0.356. The monoisotopic (exact) mass is 248 g/mol. The van der Waals surface area contributed by atoms with E-state index in [0.717, 1.165) is 24.2 Å². The first-order valence-electron chi connectivity index (χ1n) is 5.95. The molecule has 3 rings (SSSR count). The molecular formula is C11H16N6O. The van der Waals surface area contributed by atoms with Crippen LogP contribution in [0.3, 0.4) is 0 Å². The zero-order valence-corrected chi connectivity index (χ0v) is 10.4. The molecule has 7 nitrogen and oxygen atoms in total. The van der Waals surface area contributed by atoms with Gasteiger partial charge in [-0.15, -0.1) is 0 Å². The maximum Gasteiger partial charge on any atom is 0.226 e. The molecule has 96 valence electrons. The van der Waals surface area contributed by atoms with Crippen molar-refractivity contribution in [3.63, 3.8) is 0 Å². The van der Waals surface area contributed by atoms with Gasteiger partial charge in [0, 0.05) is 20.1 Å². The Kier molecular flexibility index (Phi) is 2.37. The number of aliphatic hydroxyl groups is 1. The summed E-state index contributed by atoms with van der Waals surface area (Å²) in [5.74, 6) is 1.36. The fourth-order valence-corrected chi connectivity index (χ4v) is 2.30. The Morgan fingerprint density at radius 2 is 2.33 bits per heavy atom. The van der Waals surface area contributed by atoms with E-state index in [1.807, 2.05) is 6.92 Å². The lowest BCUT2D eigenvalue weighted by Gasteiger charge is -2.20. The molecule has 1 saturated heterocycles. The first-order valence-corrected chi connectivity index (χ1v) is 5.95. The molecule has 0 saturated carbocycles. The second-order valence-corrected chi connectivity index (χ2v) is 4.92. The summed E-state index contributed by atoms with van der Waals surface area (Å²) in [5.41, 5.74) is 0.0526. The Balaban J connectivity index is 2.07.